The molecule has 0 saturated carbocycles. The summed E-state index contributed by atoms with van der Waals surface area (Å²) >= 11 is 6.03. The Balaban J connectivity index is 2.02. The van der Waals surface area contributed by atoms with Gasteiger partial charge in [0.2, 0.25) is 0 Å². The molecule has 102 valence electrons. The van der Waals surface area contributed by atoms with Crippen molar-refractivity contribution in [2.45, 2.75) is 26.2 Å². The van der Waals surface area contributed by atoms with Gasteiger partial charge in [0.1, 0.15) is 0 Å². The number of fused-ring (bicyclic) bond motifs is 1. The summed E-state index contributed by atoms with van der Waals surface area (Å²) in [4.78, 5) is 3.44. The first-order chi connectivity index (χ1) is 9.43. The van der Waals surface area contributed by atoms with Gasteiger partial charge in [0.15, 0.2) is 0 Å². The summed E-state index contributed by atoms with van der Waals surface area (Å²) in [5.74, 6) is 0. The van der Waals surface area contributed by atoms with E-state index in [9.17, 15) is 0 Å². The zero-order valence-corrected chi connectivity index (χ0v) is 12.8. The van der Waals surface area contributed by atoms with Crippen LogP contribution in [0, 0.1) is 0 Å². The predicted molar refractivity (Wildman–Crippen MR) is 87.4 cm³/mol. The highest BCUT2D eigenvalue weighted by Gasteiger charge is 2.13. The topological polar surface area (TPSA) is 15.8 Å². The van der Waals surface area contributed by atoms with Crippen LogP contribution in [0.5, 0.6) is 0 Å². The molecule has 0 aliphatic carbocycles. The molecule has 0 spiro atoms. The average molecular weight is 284 g/mol. The van der Waals surface area contributed by atoms with Crippen molar-refractivity contribution in [2.75, 3.05) is 0 Å². The summed E-state index contributed by atoms with van der Waals surface area (Å²) in [5, 5.41) is 1.92. The molecule has 2 aromatic carbocycles. The Morgan fingerprint density at radius 3 is 2.25 bits per heavy atom. The Morgan fingerprint density at radius 2 is 1.60 bits per heavy atom. The van der Waals surface area contributed by atoms with Gasteiger partial charge in [-0.3, -0.25) is 0 Å². The Kier molecular flexibility index (Phi) is 3.10. The molecule has 0 unspecified atom stereocenters. The summed E-state index contributed by atoms with van der Waals surface area (Å²) < 4.78 is 0. The van der Waals surface area contributed by atoms with Crippen LogP contribution in [-0.4, -0.2) is 4.98 Å². The van der Waals surface area contributed by atoms with E-state index in [1.165, 1.54) is 11.1 Å². The number of hydrogen-bond acceptors (Lipinski definition) is 0. The van der Waals surface area contributed by atoms with Crippen LogP contribution in [0.3, 0.4) is 0 Å². The lowest BCUT2D eigenvalue weighted by molar-refractivity contribution is 0.590. The highest BCUT2D eigenvalue weighted by molar-refractivity contribution is 6.31. The Hall–Kier alpha value is -1.73. The van der Waals surface area contributed by atoms with Gasteiger partial charge in [-0.15, -0.1) is 0 Å². The summed E-state index contributed by atoms with van der Waals surface area (Å²) in [5.41, 5.74) is 4.98. The van der Waals surface area contributed by atoms with Crippen molar-refractivity contribution in [2.24, 2.45) is 0 Å². The van der Waals surface area contributed by atoms with E-state index in [1.54, 1.807) is 0 Å². The van der Waals surface area contributed by atoms with Crippen molar-refractivity contribution in [3.05, 3.63) is 59.1 Å². The van der Waals surface area contributed by atoms with Crippen LogP contribution in [0.2, 0.25) is 5.02 Å². The SMILES string of the molecule is CC(C)(C)c1ccc(-c2cc3cc(Cl)ccc3[nH]2)cc1. The minimum atomic E-state index is 0.187. The van der Waals surface area contributed by atoms with Gasteiger partial charge in [-0.2, -0.15) is 0 Å². The fraction of sp³-hybridized carbons (Fsp3) is 0.222. The number of hydrogen-bond donors (Lipinski definition) is 1. The van der Waals surface area contributed by atoms with E-state index in [0.717, 1.165) is 21.6 Å². The molecule has 20 heavy (non-hydrogen) atoms. The fourth-order valence-corrected chi connectivity index (χ4v) is 2.59. The van der Waals surface area contributed by atoms with E-state index in [4.69, 9.17) is 11.6 Å². The number of aromatic nitrogens is 1. The van der Waals surface area contributed by atoms with Gasteiger partial charge in [-0.05, 0) is 40.8 Å². The van der Waals surface area contributed by atoms with Gasteiger partial charge >= 0.3 is 0 Å². The Labute approximate surface area is 124 Å². The van der Waals surface area contributed by atoms with Crippen molar-refractivity contribution in [3.63, 3.8) is 0 Å². The van der Waals surface area contributed by atoms with E-state index in [2.05, 4.69) is 56.1 Å². The molecule has 2 heteroatoms. The third kappa shape index (κ3) is 2.46. The smallest absolute Gasteiger partial charge is 0.0464 e. The number of rotatable bonds is 1. The maximum atomic E-state index is 6.03. The molecule has 3 rings (SSSR count). The first kappa shape index (κ1) is 13.3. The highest BCUT2D eigenvalue weighted by Crippen LogP contribution is 2.28. The molecule has 0 atom stereocenters. The molecule has 0 radical (unpaired) electrons. The molecule has 0 aliphatic rings. The summed E-state index contributed by atoms with van der Waals surface area (Å²) in [6, 6.07) is 16.8. The number of H-pyrrole nitrogens is 1. The second kappa shape index (κ2) is 4.68. The van der Waals surface area contributed by atoms with Gasteiger partial charge in [-0.25, -0.2) is 0 Å². The van der Waals surface area contributed by atoms with Crippen LogP contribution >= 0.6 is 11.6 Å². The van der Waals surface area contributed by atoms with Crippen molar-refractivity contribution in [3.8, 4) is 11.3 Å². The van der Waals surface area contributed by atoms with Crippen LogP contribution in [0.1, 0.15) is 26.3 Å². The largest absolute Gasteiger partial charge is 0.355 e. The lowest BCUT2D eigenvalue weighted by Crippen LogP contribution is -2.10. The highest BCUT2D eigenvalue weighted by atomic mass is 35.5. The molecular weight excluding hydrogens is 266 g/mol. The average Bonchev–Trinajstić information content (AvgIpc) is 2.80. The maximum Gasteiger partial charge on any atom is 0.0464 e. The number of benzene rings is 2. The molecule has 0 amide bonds. The van der Waals surface area contributed by atoms with Gasteiger partial charge in [0.05, 0.1) is 0 Å². The first-order valence-corrected chi connectivity index (χ1v) is 7.20. The molecule has 0 bridgehead atoms. The number of aromatic amines is 1. The molecule has 0 fully saturated rings. The van der Waals surface area contributed by atoms with E-state index in [0.29, 0.717) is 0 Å². The molecule has 1 nitrogen and oxygen atoms in total. The minimum Gasteiger partial charge on any atom is -0.355 e. The van der Waals surface area contributed by atoms with Crippen molar-refractivity contribution >= 4 is 22.5 Å². The van der Waals surface area contributed by atoms with Crippen LogP contribution in [0.15, 0.2) is 48.5 Å². The quantitative estimate of drug-likeness (QED) is 0.582. The van der Waals surface area contributed by atoms with E-state index in [-0.39, 0.29) is 5.41 Å². The van der Waals surface area contributed by atoms with Gasteiger partial charge in [0, 0.05) is 21.6 Å². The van der Waals surface area contributed by atoms with Crippen molar-refractivity contribution in [1.29, 1.82) is 0 Å². The molecule has 1 aromatic heterocycles. The Bertz CT molecular complexity index is 745. The second-order valence-electron chi connectivity index (χ2n) is 6.24. The van der Waals surface area contributed by atoms with Crippen LogP contribution < -0.4 is 0 Å². The molecule has 0 saturated heterocycles. The maximum absolute atomic E-state index is 6.03. The van der Waals surface area contributed by atoms with Crippen LogP contribution in [-0.2, 0) is 5.41 Å². The van der Waals surface area contributed by atoms with E-state index >= 15 is 0 Å². The normalized spacial score (nSPS) is 12.0. The second-order valence-corrected chi connectivity index (χ2v) is 6.68. The van der Waals surface area contributed by atoms with E-state index in [1.807, 2.05) is 18.2 Å². The molecule has 1 heterocycles. The minimum absolute atomic E-state index is 0.187. The van der Waals surface area contributed by atoms with Gasteiger partial charge in [0.25, 0.3) is 0 Å². The predicted octanol–water partition coefficient (Wildman–Crippen LogP) is 5.79. The van der Waals surface area contributed by atoms with Crippen LogP contribution in [0.25, 0.3) is 22.2 Å². The fourth-order valence-electron chi connectivity index (χ4n) is 2.41. The molecule has 3 aromatic rings. The lowest BCUT2D eigenvalue weighted by Gasteiger charge is -2.19. The lowest BCUT2D eigenvalue weighted by atomic mass is 9.86. The first-order valence-electron chi connectivity index (χ1n) is 6.83. The molecule has 0 aliphatic heterocycles. The van der Waals surface area contributed by atoms with Gasteiger partial charge < -0.3 is 4.98 Å². The van der Waals surface area contributed by atoms with Gasteiger partial charge in [-0.1, -0.05) is 56.6 Å². The van der Waals surface area contributed by atoms with Crippen LogP contribution in [0.4, 0.5) is 0 Å². The van der Waals surface area contributed by atoms with E-state index < -0.39 is 0 Å². The zero-order chi connectivity index (χ0) is 14.3. The monoisotopic (exact) mass is 283 g/mol. The molecule has 1 N–H and O–H groups in total. The summed E-state index contributed by atoms with van der Waals surface area (Å²) in [7, 11) is 0. The third-order valence-corrected chi connectivity index (χ3v) is 3.88. The van der Waals surface area contributed by atoms with Crippen molar-refractivity contribution in [1.82, 2.24) is 4.98 Å². The van der Waals surface area contributed by atoms with Crippen molar-refractivity contribution < 1.29 is 0 Å². The Morgan fingerprint density at radius 1 is 0.900 bits per heavy atom. The standard InChI is InChI=1S/C18H18ClN/c1-18(2,3)14-6-4-12(5-7-14)17-11-13-10-15(19)8-9-16(13)20-17/h4-11,20H,1-3H3. The number of nitrogens with one attached hydrogen (secondary N) is 1. The third-order valence-electron chi connectivity index (χ3n) is 3.64. The molecular formula is C18H18ClN. The number of halogens is 1. The zero-order valence-electron chi connectivity index (χ0n) is 12.0. The summed E-state index contributed by atoms with van der Waals surface area (Å²) in [6.07, 6.45) is 0. The summed E-state index contributed by atoms with van der Waals surface area (Å²) in [6.45, 7) is 6.69.